The van der Waals surface area contributed by atoms with Crippen LogP contribution in [0.2, 0.25) is 0 Å². The third-order valence-corrected chi connectivity index (χ3v) is 5.58. The first-order valence-electron chi connectivity index (χ1n) is 10.2. The van der Waals surface area contributed by atoms with Crippen molar-refractivity contribution in [3.05, 3.63) is 47.6 Å². The molecule has 8 heteroatoms. The van der Waals surface area contributed by atoms with Crippen LogP contribution in [0.15, 0.2) is 25.0 Å². The van der Waals surface area contributed by atoms with E-state index >= 15 is 0 Å². The maximum Gasteiger partial charge on any atom is 0.410 e. The first-order valence-corrected chi connectivity index (χ1v) is 10.2. The van der Waals surface area contributed by atoms with E-state index in [2.05, 4.69) is 28.1 Å². The quantitative estimate of drug-likeness (QED) is 0.686. The second-order valence-electron chi connectivity index (χ2n) is 8.90. The van der Waals surface area contributed by atoms with Crippen LogP contribution in [-0.4, -0.2) is 44.1 Å². The molecule has 2 aliphatic rings. The summed E-state index contributed by atoms with van der Waals surface area (Å²) in [7, 11) is 0. The van der Waals surface area contributed by atoms with Crippen molar-refractivity contribution in [3.63, 3.8) is 0 Å². The number of carbonyl (C=O) groups is 1. The highest BCUT2D eigenvalue weighted by atomic mass is 16.6. The summed E-state index contributed by atoms with van der Waals surface area (Å²) in [6, 6.07) is 0.202. The molecule has 0 N–H and O–H groups in total. The molecule has 2 unspecified atom stereocenters. The molecule has 0 aliphatic carbocycles. The number of hydrogen-bond acceptors (Lipinski definition) is 6. The highest BCUT2D eigenvalue weighted by molar-refractivity contribution is 5.69. The summed E-state index contributed by atoms with van der Waals surface area (Å²) < 4.78 is 7.65. The van der Waals surface area contributed by atoms with Gasteiger partial charge in [0.05, 0.1) is 30.4 Å². The van der Waals surface area contributed by atoms with E-state index in [0.717, 1.165) is 41.9 Å². The molecule has 1 amide bonds. The van der Waals surface area contributed by atoms with Crippen LogP contribution in [0, 0.1) is 0 Å². The lowest BCUT2D eigenvalue weighted by Crippen LogP contribution is -2.61. The molecule has 0 saturated carbocycles. The third kappa shape index (κ3) is 3.88. The summed E-state index contributed by atoms with van der Waals surface area (Å²) in [6.07, 6.45) is 8.80. The average molecular weight is 398 g/mol. The SMILES string of the molecule is CC1Cc2nc[n+](N3CCc4ncncc4C3C)cc2CN1C(=O)OC(C)(C)C. The molecule has 2 aromatic heterocycles. The van der Waals surface area contributed by atoms with Gasteiger partial charge in [-0.1, -0.05) is 4.98 Å². The maximum atomic E-state index is 12.7. The molecular formula is C21H29N6O2+. The van der Waals surface area contributed by atoms with Crippen molar-refractivity contribution in [2.24, 2.45) is 0 Å². The summed E-state index contributed by atoms with van der Waals surface area (Å²) >= 11 is 0. The Morgan fingerprint density at radius 3 is 2.79 bits per heavy atom. The van der Waals surface area contributed by atoms with Crippen LogP contribution in [0.5, 0.6) is 0 Å². The van der Waals surface area contributed by atoms with Crippen molar-refractivity contribution < 1.29 is 14.2 Å². The summed E-state index contributed by atoms with van der Waals surface area (Å²) in [5.41, 5.74) is 3.85. The minimum Gasteiger partial charge on any atom is -0.444 e. The fraction of sp³-hybridized carbons (Fsp3) is 0.571. The summed E-state index contributed by atoms with van der Waals surface area (Å²) in [5, 5.41) is 2.26. The van der Waals surface area contributed by atoms with Crippen molar-refractivity contribution in [2.75, 3.05) is 11.6 Å². The monoisotopic (exact) mass is 397 g/mol. The minimum atomic E-state index is -0.509. The number of hydrogen-bond donors (Lipinski definition) is 0. The number of amides is 1. The Balaban J connectivity index is 1.58. The van der Waals surface area contributed by atoms with E-state index in [1.807, 2.05) is 44.9 Å². The summed E-state index contributed by atoms with van der Waals surface area (Å²) in [5.74, 6) is 0. The Kier molecular flexibility index (Phi) is 4.88. The summed E-state index contributed by atoms with van der Waals surface area (Å²) in [4.78, 5) is 27.8. The van der Waals surface area contributed by atoms with Gasteiger partial charge < -0.3 is 9.64 Å². The predicted molar refractivity (Wildman–Crippen MR) is 107 cm³/mol. The number of nitrogens with zero attached hydrogens (tertiary/aromatic N) is 6. The van der Waals surface area contributed by atoms with Gasteiger partial charge in [-0.2, -0.15) is 0 Å². The van der Waals surface area contributed by atoms with Crippen molar-refractivity contribution in [1.29, 1.82) is 0 Å². The second-order valence-corrected chi connectivity index (χ2v) is 8.90. The molecular weight excluding hydrogens is 368 g/mol. The molecule has 0 bridgehead atoms. The average Bonchev–Trinajstić information content (AvgIpc) is 2.66. The van der Waals surface area contributed by atoms with Crippen LogP contribution in [0.3, 0.4) is 0 Å². The predicted octanol–water partition coefficient (Wildman–Crippen LogP) is 2.10. The van der Waals surface area contributed by atoms with Gasteiger partial charge in [0.25, 0.3) is 0 Å². The van der Waals surface area contributed by atoms with Gasteiger partial charge in [0.15, 0.2) is 5.69 Å². The lowest BCUT2D eigenvalue weighted by molar-refractivity contribution is -0.702. The maximum absolute atomic E-state index is 12.7. The Morgan fingerprint density at radius 1 is 1.24 bits per heavy atom. The van der Waals surface area contributed by atoms with Gasteiger partial charge in [-0.25, -0.2) is 19.8 Å². The van der Waals surface area contributed by atoms with Crippen molar-refractivity contribution in [2.45, 2.75) is 71.7 Å². The van der Waals surface area contributed by atoms with Gasteiger partial charge in [-0.05, 0) is 34.6 Å². The van der Waals surface area contributed by atoms with Crippen LogP contribution >= 0.6 is 0 Å². The molecule has 8 nitrogen and oxygen atoms in total. The minimum absolute atomic E-state index is 0.0543. The Morgan fingerprint density at radius 2 is 2.03 bits per heavy atom. The fourth-order valence-electron chi connectivity index (χ4n) is 4.04. The lowest BCUT2D eigenvalue weighted by atomic mass is 10.0. The van der Waals surface area contributed by atoms with E-state index in [-0.39, 0.29) is 18.2 Å². The normalized spacial score (nSPS) is 21.4. The number of carbonyl (C=O) groups excluding carboxylic acids is 1. The van der Waals surface area contributed by atoms with E-state index in [9.17, 15) is 4.79 Å². The highest BCUT2D eigenvalue weighted by Crippen LogP contribution is 2.26. The van der Waals surface area contributed by atoms with Crippen LogP contribution in [0.1, 0.15) is 63.2 Å². The zero-order chi connectivity index (χ0) is 20.8. The Bertz CT molecular complexity index is 926. The highest BCUT2D eigenvalue weighted by Gasteiger charge is 2.35. The molecule has 2 aromatic rings. The largest absolute Gasteiger partial charge is 0.444 e. The molecule has 154 valence electrons. The molecule has 0 fully saturated rings. The number of aromatic nitrogens is 4. The summed E-state index contributed by atoms with van der Waals surface area (Å²) in [6.45, 7) is 11.2. The molecule has 0 aromatic carbocycles. The van der Waals surface area contributed by atoms with E-state index in [0.29, 0.717) is 6.54 Å². The van der Waals surface area contributed by atoms with Crippen LogP contribution in [-0.2, 0) is 24.1 Å². The topological polar surface area (TPSA) is 75.3 Å². The molecule has 4 rings (SSSR count). The molecule has 0 spiro atoms. The molecule has 2 atom stereocenters. The van der Waals surface area contributed by atoms with Crippen molar-refractivity contribution >= 4 is 6.09 Å². The molecule has 0 radical (unpaired) electrons. The zero-order valence-electron chi connectivity index (χ0n) is 17.8. The number of ether oxygens (including phenoxy) is 1. The first kappa shape index (κ1) is 19.5. The standard InChI is InChI=1S/C21H29N6O2/c1-14-8-19-16(11-26(14)20(28)29-21(3,4)5)10-25(13-24-19)27-7-6-18-17(15(27)2)9-22-12-23-18/h9-10,12-15H,6-8,11H2,1-5H3/q+1. The third-order valence-electron chi connectivity index (χ3n) is 5.58. The van der Waals surface area contributed by atoms with Crippen LogP contribution < -0.4 is 9.69 Å². The van der Waals surface area contributed by atoms with E-state index in [4.69, 9.17) is 9.72 Å². The smallest absolute Gasteiger partial charge is 0.410 e. The zero-order valence-corrected chi connectivity index (χ0v) is 17.8. The van der Waals surface area contributed by atoms with Gasteiger partial charge >= 0.3 is 12.4 Å². The number of fused-ring (bicyclic) bond motifs is 2. The van der Waals surface area contributed by atoms with E-state index in [1.165, 1.54) is 0 Å². The first-order chi connectivity index (χ1) is 13.7. The van der Waals surface area contributed by atoms with E-state index < -0.39 is 5.60 Å². The Labute approximate surface area is 171 Å². The van der Waals surface area contributed by atoms with Gasteiger partial charge in [-0.15, -0.1) is 4.68 Å². The molecule has 2 aliphatic heterocycles. The van der Waals surface area contributed by atoms with Gasteiger partial charge in [-0.3, -0.25) is 0 Å². The second kappa shape index (κ2) is 7.24. The van der Waals surface area contributed by atoms with Crippen molar-refractivity contribution in [3.8, 4) is 0 Å². The van der Waals surface area contributed by atoms with Gasteiger partial charge in [0, 0.05) is 30.6 Å². The molecule has 0 saturated heterocycles. The van der Waals surface area contributed by atoms with Gasteiger partial charge in [0.1, 0.15) is 18.1 Å². The van der Waals surface area contributed by atoms with Crippen LogP contribution in [0.4, 0.5) is 4.79 Å². The molecule has 4 heterocycles. The van der Waals surface area contributed by atoms with Gasteiger partial charge in [0.2, 0.25) is 0 Å². The lowest BCUT2D eigenvalue weighted by Gasteiger charge is -2.35. The Hall–Kier alpha value is -2.77. The number of rotatable bonds is 1. The fourth-order valence-corrected chi connectivity index (χ4v) is 4.04. The van der Waals surface area contributed by atoms with E-state index in [1.54, 1.807) is 11.2 Å². The molecule has 29 heavy (non-hydrogen) atoms. The van der Waals surface area contributed by atoms with Crippen molar-refractivity contribution in [1.82, 2.24) is 19.9 Å². The van der Waals surface area contributed by atoms with Crippen LogP contribution in [0.25, 0.3) is 0 Å².